The average molecular weight is 380 g/mol. The summed E-state index contributed by atoms with van der Waals surface area (Å²) < 4.78 is 37.3. The van der Waals surface area contributed by atoms with E-state index in [0.717, 1.165) is 26.0 Å². The van der Waals surface area contributed by atoms with Crippen LogP contribution in [0.1, 0.15) is 0 Å². The third-order valence-corrected chi connectivity index (χ3v) is 6.66. The van der Waals surface area contributed by atoms with Gasteiger partial charge < -0.3 is 0 Å². The molecule has 7 heteroatoms. The lowest BCUT2D eigenvalue weighted by Crippen LogP contribution is -1.96. The number of rotatable bonds is 4. The molecule has 1 heterocycles. The van der Waals surface area contributed by atoms with Gasteiger partial charge in [0.2, 0.25) is 0 Å². The minimum absolute atomic E-state index is 0.282. The maximum atomic E-state index is 13.2. The summed E-state index contributed by atoms with van der Waals surface area (Å²) in [7, 11) is -3.23. The Bertz CT molecular complexity index is 962. The standard InChI is InChI=1S/C17H14FNO2S3/c1-22-17-19-15(11-3-7-13(18)8-4-11)16(23-17)12-5-9-14(10-6-12)24(2,20)21/h3-10H,1-2H3. The molecule has 0 unspecified atom stereocenters. The van der Waals surface area contributed by atoms with Crippen molar-refractivity contribution in [2.75, 3.05) is 12.5 Å². The van der Waals surface area contributed by atoms with E-state index in [-0.39, 0.29) is 10.7 Å². The van der Waals surface area contributed by atoms with Gasteiger partial charge in [-0.2, -0.15) is 0 Å². The highest BCUT2D eigenvalue weighted by atomic mass is 32.2. The molecule has 124 valence electrons. The average Bonchev–Trinajstić information content (AvgIpc) is 2.99. The summed E-state index contributed by atoms with van der Waals surface area (Å²) in [4.78, 5) is 5.83. The van der Waals surface area contributed by atoms with Gasteiger partial charge in [0.15, 0.2) is 14.2 Å². The van der Waals surface area contributed by atoms with Crippen molar-refractivity contribution >= 4 is 32.9 Å². The van der Waals surface area contributed by atoms with Gasteiger partial charge in [0.25, 0.3) is 0 Å². The molecule has 0 bridgehead atoms. The van der Waals surface area contributed by atoms with E-state index in [0.29, 0.717) is 0 Å². The van der Waals surface area contributed by atoms with Crippen molar-refractivity contribution in [1.82, 2.24) is 4.98 Å². The van der Waals surface area contributed by atoms with Gasteiger partial charge in [0.05, 0.1) is 15.5 Å². The Morgan fingerprint density at radius 2 is 1.58 bits per heavy atom. The number of benzene rings is 2. The van der Waals surface area contributed by atoms with E-state index in [1.807, 2.05) is 6.26 Å². The van der Waals surface area contributed by atoms with Crippen LogP contribution in [0.4, 0.5) is 4.39 Å². The minimum Gasteiger partial charge on any atom is -0.229 e. The molecule has 0 radical (unpaired) electrons. The SMILES string of the molecule is CSc1nc(-c2ccc(F)cc2)c(-c2ccc(S(C)(=O)=O)cc2)s1. The van der Waals surface area contributed by atoms with Gasteiger partial charge in [0, 0.05) is 11.8 Å². The largest absolute Gasteiger partial charge is 0.229 e. The molecule has 2 aromatic carbocycles. The quantitative estimate of drug-likeness (QED) is 0.614. The summed E-state index contributed by atoms with van der Waals surface area (Å²) >= 11 is 3.07. The zero-order valence-electron chi connectivity index (χ0n) is 13.0. The summed E-state index contributed by atoms with van der Waals surface area (Å²) in [5.74, 6) is -0.293. The molecule has 0 aliphatic carbocycles. The Kier molecular flexibility index (Phi) is 4.76. The first kappa shape index (κ1) is 17.1. The van der Waals surface area contributed by atoms with Crippen LogP contribution in [0, 0.1) is 5.82 Å². The molecule has 0 saturated carbocycles. The van der Waals surface area contributed by atoms with Crippen LogP contribution in [0.25, 0.3) is 21.7 Å². The first-order chi connectivity index (χ1) is 11.4. The lowest BCUT2D eigenvalue weighted by Gasteiger charge is -2.04. The smallest absolute Gasteiger partial charge is 0.175 e. The fourth-order valence-electron chi connectivity index (χ4n) is 2.24. The number of nitrogens with zero attached hydrogens (tertiary/aromatic N) is 1. The van der Waals surface area contributed by atoms with Gasteiger partial charge >= 0.3 is 0 Å². The van der Waals surface area contributed by atoms with Crippen LogP contribution >= 0.6 is 23.1 Å². The van der Waals surface area contributed by atoms with Crippen molar-refractivity contribution in [3.8, 4) is 21.7 Å². The van der Waals surface area contributed by atoms with Crippen molar-refractivity contribution in [1.29, 1.82) is 0 Å². The number of halogens is 1. The fraction of sp³-hybridized carbons (Fsp3) is 0.118. The van der Waals surface area contributed by atoms with E-state index >= 15 is 0 Å². The molecule has 3 rings (SSSR count). The van der Waals surface area contributed by atoms with Gasteiger partial charge in [-0.1, -0.05) is 23.9 Å². The number of hydrogen-bond donors (Lipinski definition) is 0. The zero-order chi connectivity index (χ0) is 17.3. The van der Waals surface area contributed by atoms with Gasteiger partial charge in [0.1, 0.15) is 5.82 Å². The summed E-state index contributed by atoms with van der Waals surface area (Å²) in [6.45, 7) is 0. The van der Waals surface area contributed by atoms with Crippen molar-refractivity contribution in [3.63, 3.8) is 0 Å². The fourth-order valence-corrected chi connectivity index (χ4v) is 4.46. The maximum Gasteiger partial charge on any atom is 0.175 e. The van der Waals surface area contributed by atoms with Crippen LogP contribution in [0.5, 0.6) is 0 Å². The molecule has 0 N–H and O–H groups in total. The highest BCUT2D eigenvalue weighted by Crippen LogP contribution is 2.39. The predicted octanol–water partition coefficient (Wildman–Crippen LogP) is 4.74. The zero-order valence-corrected chi connectivity index (χ0v) is 15.4. The van der Waals surface area contributed by atoms with E-state index in [1.165, 1.54) is 29.7 Å². The molecule has 3 aromatic rings. The van der Waals surface area contributed by atoms with Crippen LogP contribution in [-0.2, 0) is 9.84 Å². The Hall–Kier alpha value is -1.70. The molecule has 3 nitrogen and oxygen atoms in total. The lowest BCUT2D eigenvalue weighted by molar-refractivity contribution is 0.602. The van der Waals surface area contributed by atoms with E-state index in [4.69, 9.17) is 0 Å². The van der Waals surface area contributed by atoms with Crippen LogP contribution in [0.15, 0.2) is 57.8 Å². The van der Waals surface area contributed by atoms with Crippen LogP contribution < -0.4 is 0 Å². The molecule has 0 atom stereocenters. The molecular formula is C17H14FNO2S3. The topological polar surface area (TPSA) is 47.0 Å². The Labute approximate surface area is 148 Å². The third-order valence-electron chi connectivity index (χ3n) is 3.44. The molecular weight excluding hydrogens is 365 g/mol. The monoisotopic (exact) mass is 379 g/mol. The van der Waals surface area contributed by atoms with E-state index in [1.54, 1.807) is 48.2 Å². The second-order valence-electron chi connectivity index (χ2n) is 5.17. The van der Waals surface area contributed by atoms with Gasteiger partial charge in [-0.05, 0) is 48.2 Å². The Balaban J connectivity index is 2.10. The second kappa shape index (κ2) is 6.66. The molecule has 24 heavy (non-hydrogen) atoms. The Morgan fingerprint density at radius 3 is 2.12 bits per heavy atom. The minimum atomic E-state index is -3.23. The molecule has 0 saturated heterocycles. The predicted molar refractivity (Wildman–Crippen MR) is 97.8 cm³/mol. The van der Waals surface area contributed by atoms with Gasteiger partial charge in [-0.15, -0.1) is 11.3 Å². The Morgan fingerprint density at radius 1 is 1.00 bits per heavy atom. The molecule has 0 aliphatic heterocycles. The van der Waals surface area contributed by atoms with Crippen molar-refractivity contribution < 1.29 is 12.8 Å². The molecule has 0 amide bonds. The van der Waals surface area contributed by atoms with Crippen molar-refractivity contribution in [2.24, 2.45) is 0 Å². The van der Waals surface area contributed by atoms with Crippen LogP contribution in [-0.4, -0.2) is 25.9 Å². The highest BCUT2D eigenvalue weighted by molar-refractivity contribution is 8.00. The molecule has 1 aromatic heterocycles. The number of sulfone groups is 1. The second-order valence-corrected chi connectivity index (χ2v) is 9.23. The number of thiazole rings is 1. The van der Waals surface area contributed by atoms with Crippen LogP contribution in [0.3, 0.4) is 0 Å². The first-order valence-electron chi connectivity index (χ1n) is 7.00. The highest BCUT2D eigenvalue weighted by Gasteiger charge is 2.16. The first-order valence-corrected chi connectivity index (χ1v) is 10.9. The van der Waals surface area contributed by atoms with Crippen LogP contribution in [0.2, 0.25) is 0 Å². The number of hydrogen-bond acceptors (Lipinski definition) is 5. The van der Waals surface area contributed by atoms with Gasteiger partial charge in [-0.25, -0.2) is 17.8 Å². The van der Waals surface area contributed by atoms with Crippen molar-refractivity contribution in [2.45, 2.75) is 9.24 Å². The van der Waals surface area contributed by atoms with Crippen molar-refractivity contribution in [3.05, 3.63) is 54.3 Å². The summed E-state index contributed by atoms with van der Waals surface area (Å²) in [6, 6.07) is 13.0. The number of thioether (sulfide) groups is 1. The van der Waals surface area contributed by atoms with Gasteiger partial charge in [-0.3, -0.25) is 0 Å². The van der Waals surface area contributed by atoms with E-state index in [9.17, 15) is 12.8 Å². The number of aromatic nitrogens is 1. The lowest BCUT2D eigenvalue weighted by atomic mass is 10.1. The summed E-state index contributed by atoms with van der Waals surface area (Å²) in [5.41, 5.74) is 2.49. The van der Waals surface area contributed by atoms with E-state index in [2.05, 4.69) is 4.98 Å². The molecule has 0 fully saturated rings. The normalized spacial score (nSPS) is 11.6. The maximum absolute atomic E-state index is 13.2. The summed E-state index contributed by atoms with van der Waals surface area (Å²) in [6.07, 6.45) is 3.13. The third kappa shape index (κ3) is 3.53. The molecule has 0 aliphatic rings. The summed E-state index contributed by atoms with van der Waals surface area (Å²) in [5, 5.41) is 0. The van der Waals surface area contributed by atoms with E-state index < -0.39 is 9.84 Å². The molecule has 0 spiro atoms.